The molecule has 1 aromatic heterocycles. The van der Waals surface area contributed by atoms with E-state index in [1.165, 1.54) is 7.11 Å². The van der Waals surface area contributed by atoms with E-state index in [0.717, 1.165) is 12.1 Å². The van der Waals surface area contributed by atoms with Crippen LogP contribution < -0.4 is 10.6 Å². The zero-order valence-corrected chi connectivity index (χ0v) is 11.9. The van der Waals surface area contributed by atoms with E-state index >= 15 is 0 Å². The fraction of sp³-hybridized carbons (Fsp3) is 0.615. The van der Waals surface area contributed by atoms with Gasteiger partial charge >= 0.3 is 5.97 Å². The first-order valence-corrected chi connectivity index (χ1v) is 6.60. The van der Waals surface area contributed by atoms with Gasteiger partial charge in [-0.15, -0.1) is 0 Å². The first-order valence-electron chi connectivity index (χ1n) is 6.60. The molecule has 0 spiro atoms. The van der Waals surface area contributed by atoms with Gasteiger partial charge in [0.2, 0.25) is 5.91 Å². The predicted molar refractivity (Wildman–Crippen MR) is 71.9 cm³/mol. The molecule has 0 radical (unpaired) electrons. The number of ether oxygens (including phenoxy) is 1. The van der Waals surface area contributed by atoms with Gasteiger partial charge in [-0.05, 0) is 12.5 Å². The maximum absolute atomic E-state index is 12.3. The van der Waals surface area contributed by atoms with Crippen LogP contribution in [-0.4, -0.2) is 47.9 Å². The summed E-state index contributed by atoms with van der Waals surface area (Å²) in [4.78, 5) is 23.6. The number of methoxy groups -OCH3 is 1. The average Bonchev–Trinajstić information content (AvgIpc) is 3.05. The Labute approximate surface area is 117 Å². The standard InChI is InChI=1S/C13H20N4O3/c1-8(13(19)20-3)16-12(18)11-6-14-5-10(11)9-4-15-17(2)7-9/h4,7-8,10-11,14H,5-6H2,1-3H3,(H,16,18)/t8?,10-,11+/m1/s1. The fourth-order valence-electron chi connectivity index (χ4n) is 2.49. The minimum Gasteiger partial charge on any atom is -0.467 e. The highest BCUT2D eigenvalue weighted by Crippen LogP contribution is 2.27. The Kier molecular flexibility index (Phi) is 4.39. The highest BCUT2D eigenvalue weighted by Gasteiger charge is 2.35. The lowest BCUT2D eigenvalue weighted by Crippen LogP contribution is -2.43. The number of hydrogen-bond donors (Lipinski definition) is 2. The van der Waals surface area contributed by atoms with Gasteiger partial charge in [0.05, 0.1) is 19.2 Å². The molecule has 1 aromatic rings. The summed E-state index contributed by atoms with van der Waals surface area (Å²) in [5, 5.41) is 10.1. The summed E-state index contributed by atoms with van der Waals surface area (Å²) in [7, 11) is 3.15. The molecule has 7 nitrogen and oxygen atoms in total. The lowest BCUT2D eigenvalue weighted by Gasteiger charge is -2.19. The number of amides is 1. The molecule has 110 valence electrons. The summed E-state index contributed by atoms with van der Waals surface area (Å²) in [5.41, 5.74) is 1.03. The Morgan fingerprint density at radius 1 is 1.55 bits per heavy atom. The topological polar surface area (TPSA) is 85.2 Å². The second kappa shape index (κ2) is 6.04. The molecule has 2 N–H and O–H groups in total. The summed E-state index contributed by atoms with van der Waals surface area (Å²) in [6.45, 7) is 2.95. The number of aryl methyl sites for hydroxylation is 1. The second-order valence-electron chi connectivity index (χ2n) is 5.07. The monoisotopic (exact) mass is 280 g/mol. The van der Waals surface area contributed by atoms with E-state index in [1.807, 2.05) is 13.2 Å². The van der Waals surface area contributed by atoms with Gasteiger partial charge in [0, 0.05) is 32.3 Å². The number of rotatable bonds is 4. The van der Waals surface area contributed by atoms with Gasteiger partial charge < -0.3 is 15.4 Å². The SMILES string of the molecule is COC(=O)C(C)NC(=O)[C@H]1CNC[C@@H]1c1cnn(C)c1. The van der Waals surface area contributed by atoms with Gasteiger partial charge in [-0.2, -0.15) is 5.10 Å². The number of carbonyl (C=O) groups excluding carboxylic acids is 2. The third kappa shape index (κ3) is 2.98. The van der Waals surface area contributed by atoms with Crippen molar-refractivity contribution >= 4 is 11.9 Å². The third-order valence-electron chi connectivity index (χ3n) is 3.62. The molecular weight excluding hydrogens is 260 g/mol. The Bertz CT molecular complexity index is 500. The maximum Gasteiger partial charge on any atom is 0.328 e. The molecule has 0 saturated carbocycles. The molecule has 2 rings (SSSR count). The second-order valence-corrected chi connectivity index (χ2v) is 5.07. The zero-order chi connectivity index (χ0) is 14.7. The molecule has 20 heavy (non-hydrogen) atoms. The van der Waals surface area contributed by atoms with Crippen LogP contribution in [0.2, 0.25) is 0 Å². The van der Waals surface area contributed by atoms with Gasteiger partial charge in [-0.1, -0.05) is 0 Å². The van der Waals surface area contributed by atoms with Crippen molar-refractivity contribution in [1.29, 1.82) is 0 Å². The lowest BCUT2D eigenvalue weighted by atomic mass is 9.90. The van der Waals surface area contributed by atoms with E-state index in [-0.39, 0.29) is 17.7 Å². The molecular formula is C13H20N4O3. The number of carbonyl (C=O) groups is 2. The van der Waals surface area contributed by atoms with Crippen molar-refractivity contribution < 1.29 is 14.3 Å². The molecule has 1 aliphatic heterocycles. The van der Waals surface area contributed by atoms with E-state index in [1.54, 1.807) is 17.8 Å². The zero-order valence-electron chi connectivity index (χ0n) is 11.9. The molecule has 1 amide bonds. The molecule has 1 fully saturated rings. The highest BCUT2D eigenvalue weighted by atomic mass is 16.5. The maximum atomic E-state index is 12.3. The van der Waals surface area contributed by atoms with Gasteiger partial charge in [-0.25, -0.2) is 4.79 Å². The number of nitrogens with one attached hydrogen (secondary N) is 2. The Morgan fingerprint density at radius 3 is 2.90 bits per heavy atom. The molecule has 1 saturated heterocycles. The minimum absolute atomic E-state index is 0.0774. The van der Waals surface area contributed by atoms with Crippen molar-refractivity contribution in [3.63, 3.8) is 0 Å². The van der Waals surface area contributed by atoms with Crippen LogP contribution >= 0.6 is 0 Å². The third-order valence-corrected chi connectivity index (χ3v) is 3.62. The summed E-state index contributed by atoms with van der Waals surface area (Å²) in [5.74, 6) is -0.705. The molecule has 0 aromatic carbocycles. The van der Waals surface area contributed by atoms with Crippen LogP contribution in [0.4, 0.5) is 0 Å². The Morgan fingerprint density at radius 2 is 2.30 bits per heavy atom. The van der Waals surface area contributed by atoms with Crippen molar-refractivity contribution in [3.8, 4) is 0 Å². The molecule has 1 unspecified atom stereocenters. The van der Waals surface area contributed by atoms with Crippen molar-refractivity contribution in [2.24, 2.45) is 13.0 Å². The van der Waals surface area contributed by atoms with Crippen LogP contribution in [0.25, 0.3) is 0 Å². The molecule has 7 heteroatoms. The number of esters is 1. The molecule has 2 heterocycles. The minimum atomic E-state index is -0.636. The van der Waals surface area contributed by atoms with E-state index in [0.29, 0.717) is 6.54 Å². The molecule has 3 atom stereocenters. The van der Waals surface area contributed by atoms with Gasteiger partial charge in [0.1, 0.15) is 6.04 Å². The van der Waals surface area contributed by atoms with E-state index in [4.69, 9.17) is 0 Å². The highest BCUT2D eigenvalue weighted by molar-refractivity contribution is 5.86. The summed E-state index contributed by atoms with van der Waals surface area (Å²) in [6, 6.07) is -0.636. The number of aromatic nitrogens is 2. The molecule has 1 aliphatic rings. The van der Waals surface area contributed by atoms with E-state index in [2.05, 4.69) is 20.5 Å². The van der Waals surface area contributed by atoms with Crippen molar-refractivity contribution in [2.75, 3.05) is 20.2 Å². The van der Waals surface area contributed by atoms with Crippen LogP contribution in [0.1, 0.15) is 18.4 Å². The smallest absolute Gasteiger partial charge is 0.328 e. The van der Waals surface area contributed by atoms with Gasteiger partial charge in [0.15, 0.2) is 0 Å². The molecule has 0 bridgehead atoms. The Balaban J connectivity index is 2.03. The van der Waals surface area contributed by atoms with Crippen LogP contribution in [0.5, 0.6) is 0 Å². The number of nitrogens with zero attached hydrogens (tertiary/aromatic N) is 2. The number of hydrogen-bond acceptors (Lipinski definition) is 5. The fourth-order valence-corrected chi connectivity index (χ4v) is 2.49. The normalized spacial score (nSPS) is 23.4. The van der Waals surface area contributed by atoms with Crippen molar-refractivity contribution in [1.82, 2.24) is 20.4 Å². The lowest BCUT2D eigenvalue weighted by molar-refractivity contribution is -0.145. The largest absolute Gasteiger partial charge is 0.467 e. The van der Waals surface area contributed by atoms with Crippen molar-refractivity contribution in [3.05, 3.63) is 18.0 Å². The van der Waals surface area contributed by atoms with Crippen molar-refractivity contribution in [2.45, 2.75) is 18.9 Å². The first kappa shape index (κ1) is 14.5. The van der Waals surface area contributed by atoms with Gasteiger partial charge in [-0.3, -0.25) is 9.48 Å². The van der Waals surface area contributed by atoms with E-state index in [9.17, 15) is 9.59 Å². The summed E-state index contributed by atoms with van der Waals surface area (Å²) >= 11 is 0. The van der Waals surface area contributed by atoms with Crippen LogP contribution in [0.3, 0.4) is 0 Å². The summed E-state index contributed by atoms with van der Waals surface area (Å²) in [6.07, 6.45) is 3.70. The van der Waals surface area contributed by atoms with Crippen LogP contribution in [0.15, 0.2) is 12.4 Å². The molecule has 0 aliphatic carbocycles. The quantitative estimate of drug-likeness (QED) is 0.719. The predicted octanol–water partition coefficient (Wildman–Crippen LogP) is -0.599. The van der Waals surface area contributed by atoms with Crippen LogP contribution in [-0.2, 0) is 21.4 Å². The van der Waals surface area contributed by atoms with Crippen LogP contribution in [0, 0.1) is 5.92 Å². The van der Waals surface area contributed by atoms with E-state index < -0.39 is 12.0 Å². The first-order chi connectivity index (χ1) is 9.52. The van der Waals surface area contributed by atoms with Gasteiger partial charge in [0.25, 0.3) is 0 Å². The average molecular weight is 280 g/mol. The Hall–Kier alpha value is -1.89. The summed E-state index contributed by atoms with van der Waals surface area (Å²) < 4.78 is 6.33.